The van der Waals surface area contributed by atoms with Crippen molar-refractivity contribution in [1.82, 2.24) is 0 Å². The van der Waals surface area contributed by atoms with Crippen molar-refractivity contribution >= 4 is 6.21 Å². The molecule has 0 heterocycles. The monoisotopic (exact) mass is 323 g/mol. The lowest BCUT2D eigenvalue weighted by atomic mass is 10.1. The summed E-state index contributed by atoms with van der Waals surface area (Å²) in [5.41, 5.74) is 0. The maximum atomic E-state index is 8.27. The van der Waals surface area contributed by atoms with Crippen LogP contribution in [-0.4, -0.2) is 11.4 Å². The number of oxime groups is 1. The second kappa shape index (κ2) is 21.2. The molecule has 0 saturated heterocycles. The predicted octanol–water partition coefficient (Wildman–Crippen LogP) is 7.65. The fraction of sp³-hybridized carbons (Fsp3) is 0.857. The summed E-state index contributed by atoms with van der Waals surface area (Å²) in [6, 6.07) is 0. The smallest absolute Gasteiger partial charge is 0.0435 e. The Hall–Kier alpha value is -0.790. The van der Waals surface area contributed by atoms with Gasteiger partial charge in [-0.2, -0.15) is 0 Å². The van der Waals surface area contributed by atoms with Gasteiger partial charge in [0.2, 0.25) is 0 Å². The molecule has 0 aliphatic rings. The third-order valence-electron chi connectivity index (χ3n) is 4.43. The van der Waals surface area contributed by atoms with Gasteiger partial charge in [0.05, 0.1) is 0 Å². The van der Waals surface area contributed by atoms with Gasteiger partial charge in [-0.3, -0.25) is 0 Å². The van der Waals surface area contributed by atoms with Crippen LogP contribution in [0.1, 0.15) is 116 Å². The van der Waals surface area contributed by atoms with Gasteiger partial charge >= 0.3 is 0 Å². The van der Waals surface area contributed by atoms with Crippen LogP contribution in [0, 0.1) is 0 Å². The molecule has 23 heavy (non-hydrogen) atoms. The van der Waals surface area contributed by atoms with Crippen molar-refractivity contribution in [1.29, 1.82) is 0 Å². The van der Waals surface area contributed by atoms with Crippen molar-refractivity contribution in [3.63, 3.8) is 0 Å². The minimum atomic E-state index is 0.918. The van der Waals surface area contributed by atoms with Crippen LogP contribution < -0.4 is 0 Å². The van der Waals surface area contributed by atoms with Gasteiger partial charge in [0.1, 0.15) is 0 Å². The van der Waals surface area contributed by atoms with Gasteiger partial charge in [-0.05, 0) is 38.5 Å². The summed E-state index contributed by atoms with van der Waals surface area (Å²) in [4.78, 5) is 0. The molecule has 0 aliphatic heterocycles. The Kier molecular flexibility index (Phi) is 20.5. The van der Waals surface area contributed by atoms with E-state index in [0.29, 0.717) is 0 Å². The highest BCUT2D eigenvalue weighted by atomic mass is 16.4. The number of unbranched alkanes of at least 4 members (excludes halogenated alkanes) is 15. The molecule has 0 rings (SSSR count). The van der Waals surface area contributed by atoms with Crippen molar-refractivity contribution < 1.29 is 5.21 Å². The van der Waals surface area contributed by atoms with Crippen molar-refractivity contribution in [2.24, 2.45) is 5.16 Å². The molecule has 2 nitrogen and oxygen atoms in total. The van der Waals surface area contributed by atoms with E-state index >= 15 is 0 Å². The van der Waals surface area contributed by atoms with Crippen LogP contribution >= 0.6 is 0 Å². The van der Waals surface area contributed by atoms with Crippen LogP contribution in [0.15, 0.2) is 17.3 Å². The van der Waals surface area contributed by atoms with E-state index in [4.69, 9.17) is 5.21 Å². The molecular formula is C21H41NO. The molecule has 0 aromatic heterocycles. The van der Waals surface area contributed by atoms with E-state index in [0.717, 1.165) is 12.8 Å². The first-order chi connectivity index (χ1) is 11.4. The van der Waals surface area contributed by atoms with Gasteiger partial charge in [-0.15, -0.1) is 5.16 Å². The van der Waals surface area contributed by atoms with Gasteiger partial charge in [-0.25, -0.2) is 0 Å². The SMILES string of the molecule is CCCCCCCC/C=C\CCCCCCCCCCC=NO. The molecule has 0 unspecified atom stereocenters. The molecule has 0 bridgehead atoms. The molecule has 0 radical (unpaired) electrons. The summed E-state index contributed by atoms with van der Waals surface area (Å²) in [5, 5.41) is 11.3. The average molecular weight is 324 g/mol. The van der Waals surface area contributed by atoms with E-state index in [-0.39, 0.29) is 0 Å². The standard InChI is InChI=1S/C21H41NO/c1-2-3-4-5-6-7-8-9-10-11-12-13-14-15-16-17-18-19-20-21-22-23/h9-10,21,23H,2-8,11-20H2,1H3/b10-9-,22-21?. The quantitative estimate of drug-likeness (QED) is 0.0907. The lowest BCUT2D eigenvalue weighted by Gasteiger charge is -2.00. The molecule has 0 saturated carbocycles. The van der Waals surface area contributed by atoms with Gasteiger partial charge in [-0.1, -0.05) is 89.7 Å². The molecule has 0 aromatic carbocycles. The number of allylic oxidation sites excluding steroid dienone is 2. The van der Waals surface area contributed by atoms with Crippen LogP contribution in [0.3, 0.4) is 0 Å². The largest absolute Gasteiger partial charge is 0.411 e. The molecule has 0 spiro atoms. The molecule has 136 valence electrons. The van der Waals surface area contributed by atoms with Crippen LogP contribution in [0.4, 0.5) is 0 Å². The first kappa shape index (κ1) is 22.2. The molecule has 0 fully saturated rings. The minimum Gasteiger partial charge on any atom is -0.411 e. The highest BCUT2D eigenvalue weighted by Gasteiger charge is 1.92. The Morgan fingerprint density at radius 1 is 0.565 bits per heavy atom. The Balaban J connectivity index is 3.05. The van der Waals surface area contributed by atoms with E-state index in [1.807, 2.05) is 0 Å². The Bertz CT molecular complexity index is 261. The molecule has 2 heteroatoms. The van der Waals surface area contributed by atoms with Gasteiger partial charge in [0.25, 0.3) is 0 Å². The summed E-state index contributed by atoms with van der Waals surface area (Å²) in [6.07, 6.45) is 28.9. The number of nitrogens with zero attached hydrogens (tertiary/aromatic N) is 1. The van der Waals surface area contributed by atoms with Crippen LogP contribution in [0.25, 0.3) is 0 Å². The third-order valence-corrected chi connectivity index (χ3v) is 4.43. The number of hydrogen-bond acceptors (Lipinski definition) is 2. The van der Waals surface area contributed by atoms with Crippen molar-refractivity contribution in [2.45, 2.75) is 116 Å². The average Bonchev–Trinajstić information content (AvgIpc) is 2.57. The van der Waals surface area contributed by atoms with Gasteiger partial charge < -0.3 is 5.21 Å². The zero-order valence-corrected chi connectivity index (χ0v) is 15.6. The normalized spacial score (nSPS) is 11.9. The van der Waals surface area contributed by atoms with Crippen LogP contribution in [-0.2, 0) is 0 Å². The first-order valence-corrected chi connectivity index (χ1v) is 10.2. The zero-order valence-electron chi connectivity index (χ0n) is 15.6. The van der Waals surface area contributed by atoms with Crippen LogP contribution in [0.5, 0.6) is 0 Å². The van der Waals surface area contributed by atoms with E-state index in [1.165, 1.54) is 96.3 Å². The number of rotatable bonds is 18. The molecule has 0 aliphatic carbocycles. The summed E-state index contributed by atoms with van der Waals surface area (Å²) < 4.78 is 0. The van der Waals surface area contributed by atoms with E-state index in [2.05, 4.69) is 24.2 Å². The molecule has 0 atom stereocenters. The second-order valence-corrected chi connectivity index (χ2v) is 6.73. The Morgan fingerprint density at radius 3 is 1.39 bits per heavy atom. The lowest BCUT2D eigenvalue weighted by molar-refractivity contribution is 0.320. The lowest BCUT2D eigenvalue weighted by Crippen LogP contribution is -1.82. The topological polar surface area (TPSA) is 32.6 Å². The highest BCUT2D eigenvalue weighted by molar-refractivity contribution is 5.55. The van der Waals surface area contributed by atoms with Crippen molar-refractivity contribution in [3.05, 3.63) is 12.2 Å². The molecule has 0 aromatic rings. The fourth-order valence-corrected chi connectivity index (χ4v) is 2.89. The van der Waals surface area contributed by atoms with Gasteiger partial charge in [0.15, 0.2) is 0 Å². The summed E-state index contributed by atoms with van der Waals surface area (Å²) in [7, 11) is 0. The second-order valence-electron chi connectivity index (χ2n) is 6.73. The van der Waals surface area contributed by atoms with Gasteiger partial charge in [0, 0.05) is 6.21 Å². The molecule has 1 N–H and O–H groups in total. The minimum absolute atomic E-state index is 0.918. The third kappa shape index (κ3) is 21.2. The summed E-state index contributed by atoms with van der Waals surface area (Å²) >= 11 is 0. The maximum absolute atomic E-state index is 8.27. The fourth-order valence-electron chi connectivity index (χ4n) is 2.89. The van der Waals surface area contributed by atoms with E-state index in [1.54, 1.807) is 6.21 Å². The molecule has 0 amide bonds. The zero-order chi connectivity index (χ0) is 16.8. The van der Waals surface area contributed by atoms with E-state index in [9.17, 15) is 0 Å². The number of hydrogen-bond donors (Lipinski definition) is 1. The summed E-state index contributed by atoms with van der Waals surface area (Å²) in [6.45, 7) is 2.28. The highest BCUT2D eigenvalue weighted by Crippen LogP contribution is 2.11. The summed E-state index contributed by atoms with van der Waals surface area (Å²) in [5.74, 6) is 0. The Labute approximate surface area is 145 Å². The van der Waals surface area contributed by atoms with Crippen LogP contribution in [0.2, 0.25) is 0 Å². The first-order valence-electron chi connectivity index (χ1n) is 10.2. The Morgan fingerprint density at radius 2 is 0.957 bits per heavy atom. The maximum Gasteiger partial charge on any atom is 0.0435 e. The molecular weight excluding hydrogens is 282 g/mol. The van der Waals surface area contributed by atoms with E-state index < -0.39 is 0 Å². The van der Waals surface area contributed by atoms with Crippen molar-refractivity contribution in [3.8, 4) is 0 Å². The van der Waals surface area contributed by atoms with Crippen molar-refractivity contribution in [2.75, 3.05) is 0 Å². The predicted molar refractivity (Wildman–Crippen MR) is 104 cm³/mol.